The fourth-order valence-corrected chi connectivity index (χ4v) is 2.62. The highest BCUT2D eigenvalue weighted by molar-refractivity contribution is 6.35. The highest BCUT2D eigenvalue weighted by Gasteiger charge is 2.21. The second kappa shape index (κ2) is 7.35. The van der Waals surface area contributed by atoms with Crippen molar-refractivity contribution < 1.29 is 14.3 Å². The molecule has 26 heavy (non-hydrogen) atoms. The summed E-state index contributed by atoms with van der Waals surface area (Å²) < 4.78 is 6.91. The smallest absolute Gasteiger partial charge is 0.359 e. The second-order valence-corrected chi connectivity index (χ2v) is 6.60. The van der Waals surface area contributed by atoms with Crippen molar-refractivity contribution in [2.45, 2.75) is 20.0 Å². The lowest BCUT2D eigenvalue weighted by molar-refractivity contribution is -0.123. The molecule has 3 aromatic rings. The number of benzene rings is 1. The maximum Gasteiger partial charge on any atom is 0.359 e. The molecule has 0 spiro atoms. The molecule has 0 aliphatic carbocycles. The van der Waals surface area contributed by atoms with E-state index >= 15 is 0 Å². The fourth-order valence-electron chi connectivity index (χ4n) is 2.28. The topological polar surface area (TPSA) is 72.7 Å². The van der Waals surface area contributed by atoms with Gasteiger partial charge in [0.1, 0.15) is 5.65 Å². The predicted molar refractivity (Wildman–Crippen MR) is 99.9 cm³/mol. The number of hydrogen-bond donors (Lipinski definition) is 1. The van der Waals surface area contributed by atoms with E-state index in [2.05, 4.69) is 10.3 Å². The molecule has 0 aliphatic rings. The minimum Gasteiger partial charge on any atom is -0.448 e. The largest absolute Gasteiger partial charge is 0.448 e. The van der Waals surface area contributed by atoms with Crippen LogP contribution < -0.4 is 5.32 Å². The molecule has 2 aromatic heterocycles. The molecule has 0 saturated heterocycles. The third-order valence-corrected chi connectivity index (χ3v) is 4.23. The first kappa shape index (κ1) is 18.2. The van der Waals surface area contributed by atoms with Crippen molar-refractivity contribution in [2.75, 3.05) is 5.32 Å². The molecule has 0 saturated carbocycles. The number of imidazole rings is 1. The summed E-state index contributed by atoms with van der Waals surface area (Å²) in [6, 6.07) is 8.42. The van der Waals surface area contributed by atoms with Crippen molar-refractivity contribution in [2.24, 2.45) is 0 Å². The van der Waals surface area contributed by atoms with Crippen LogP contribution in [0.1, 0.15) is 23.0 Å². The Morgan fingerprint density at radius 3 is 2.77 bits per heavy atom. The third-order valence-electron chi connectivity index (χ3n) is 3.66. The van der Waals surface area contributed by atoms with Crippen LogP contribution in [0.2, 0.25) is 10.0 Å². The van der Waals surface area contributed by atoms with Gasteiger partial charge in [-0.25, -0.2) is 9.78 Å². The van der Waals surface area contributed by atoms with Crippen molar-refractivity contribution in [3.05, 3.63) is 64.0 Å². The zero-order valence-electron chi connectivity index (χ0n) is 14.0. The zero-order chi connectivity index (χ0) is 18.8. The van der Waals surface area contributed by atoms with E-state index in [9.17, 15) is 9.59 Å². The fraction of sp³-hybridized carbons (Fsp3) is 0.167. The van der Waals surface area contributed by atoms with Crippen LogP contribution in [0.4, 0.5) is 5.69 Å². The summed E-state index contributed by atoms with van der Waals surface area (Å²) in [5.41, 5.74) is 2.11. The molecule has 1 atom stereocenters. The number of carbonyl (C=O) groups is 2. The number of aromatic nitrogens is 2. The van der Waals surface area contributed by atoms with Crippen LogP contribution in [-0.2, 0) is 9.53 Å². The number of amides is 1. The predicted octanol–water partition coefficient (Wildman–Crippen LogP) is 4.13. The van der Waals surface area contributed by atoms with E-state index in [4.69, 9.17) is 27.9 Å². The van der Waals surface area contributed by atoms with Gasteiger partial charge in [0, 0.05) is 17.4 Å². The Morgan fingerprint density at radius 1 is 1.23 bits per heavy atom. The van der Waals surface area contributed by atoms with E-state index < -0.39 is 18.0 Å². The molecule has 134 valence electrons. The van der Waals surface area contributed by atoms with E-state index in [0.717, 1.165) is 5.56 Å². The van der Waals surface area contributed by atoms with Gasteiger partial charge in [0.2, 0.25) is 0 Å². The van der Waals surface area contributed by atoms with Crippen molar-refractivity contribution in [3.8, 4) is 0 Å². The first-order valence-electron chi connectivity index (χ1n) is 7.76. The summed E-state index contributed by atoms with van der Waals surface area (Å²) in [7, 11) is 0. The molecule has 0 aliphatic heterocycles. The number of hydrogen-bond acceptors (Lipinski definition) is 4. The molecule has 0 unspecified atom stereocenters. The van der Waals surface area contributed by atoms with Crippen LogP contribution in [0.15, 0.2) is 42.7 Å². The number of rotatable bonds is 4. The molecule has 3 rings (SSSR count). The van der Waals surface area contributed by atoms with E-state index in [0.29, 0.717) is 21.4 Å². The molecule has 1 N–H and O–H groups in total. The first-order valence-corrected chi connectivity index (χ1v) is 8.51. The van der Waals surface area contributed by atoms with Crippen molar-refractivity contribution in [3.63, 3.8) is 0 Å². The quantitative estimate of drug-likeness (QED) is 0.678. The number of nitrogens with zero attached hydrogens (tertiary/aromatic N) is 2. The Labute approximate surface area is 159 Å². The minimum absolute atomic E-state index is 0.121. The molecular formula is C18H15Cl2N3O3. The summed E-state index contributed by atoms with van der Waals surface area (Å²) in [5.74, 6) is -1.21. The molecule has 0 bridgehead atoms. The average molecular weight is 392 g/mol. The summed E-state index contributed by atoms with van der Waals surface area (Å²) in [6.07, 6.45) is 2.31. The Hall–Kier alpha value is -2.57. The number of pyridine rings is 1. The van der Waals surface area contributed by atoms with Crippen molar-refractivity contribution in [1.29, 1.82) is 0 Å². The molecule has 2 heterocycles. The lowest BCUT2D eigenvalue weighted by atomic mass is 10.3. The van der Waals surface area contributed by atoms with Crippen LogP contribution in [0.5, 0.6) is 0 Å². The molecular weight excluding hydrogens is 377 g/mol. The number of nitrogens with one attached hydrogen (secondary N) is 1. The van der Waals surface area contributed by atoms with Gasteiger partial charge in [-0.2, -0.15) is 0 Å². The lowest BCUT2D eigenvalue weighted by Gasteiger charge is -2.13. The van der Waals surface area contributed by atoms with Gasteiger partial charge in [0.25, 0.3) is 5.91 Å². The third kappa shape index (κ3) is 3.98. The van der Waals surface area contributed by atoms with Crippen LogP contribution >= 0.6 is 23.2 Å². The van der Waals surface area contributed by atoms with Gasteiger partial charge >= 0.3 is 5.97 Å². The lowest BCUT2D eigenvalue weighted by Crippen LogP contribution is -2.30. The summed E-state index contributed by atoms with van der Waals surface area (Å²) in [5, 5.41) is 3.34. The summed E-state index contributed by atoms with van der Waals surface area (Å²) in [6.45, 7) is 3.39. The molecule has 0 fully saturated rings. The van der Waals surface area contributed by atoms with Gasteiger partial charge < -0.3 is 14.5 Å². The SMILES string of the molecule is Cc1ccn2cc(C(=O)O[C@H](C)C(=O)Nc3cc(Cl)ccc3Cl)nc2c1. The van der Waals surface area contributed by atoms with Crippen LogP contribution in [0, 0.1) is 6.92 Å². The highest BCUT2D eigenvalue weighted by atomic mass is 35.5. The van der Waals surface area contributed by atoms with Gasteiger partial charge in [0.15, 0.2) is 11.8 Å². The van der Waals surface area contributed by atoms with Gasteiger partial charge in [-0.15, -0.1) is 0 Å². The van der Waals surface area contributed by atoms with Gasteiger partial charge in [0.05, 0.1) is 10.7 Å². The monoisotopic (exact) mass is 391 g/mol. The number of halogens is 2. The van der Waals surface area contributed by atoms with E-state index in [1.807, 2.05) is 19.1 Å². The maximum atomic E-state index is 12.3. The Balaban J connectivity index is 1.69. The number of aryl methyl sites for hydroxylation is 1. The minimum atomic E-state index is -1.04. The number of esters is 1. The van der Waals surface area contributed by atoms with Gasteiger partial charge in [-0.3, -0.25) is 4.79 Å². The van der Waals surface area contributed by atoms with Gasteiger partial charge in [-0.05, 0) is 49.7 Å². The summed E-state index contributed by atoms with van der Waals surface area (Å²) in [4.78, 5) is 28.7. The molecule has 1 amide bonds. The van der Waals surface area contributed by atoms with E-state index in [1.165, 1.54) is 13.0 Å². The highest BCUT2D eigenvalue weighted by Crippen LogP contribution is 2.25. The van der Waals surface area contributed by atoms with E-state index in [1.54, 1.807) is 28.9 Å². The Kier molecular flexibility index (Phi) is 5.15. The zero-order valence-corrected chi connectivity index (χ0v) is 15.5. The molecule has 6 nitrogen and oxygen atoms in total. The number of fused-ring (bicyclic) bond motifs is 1. The normalized spacial score (nSPS) is 12.0. The van der Waals surface area contributed by atoms with Crippen LogP contribution in [0.25, 0.3) is 5.65 Å². The summed E-state index contributed by atoms with van der Waals surface area (Å²) >= 11 is 11.9. The molecule has 8 heteroatoms. The number of carbonyl (C=O) groups excluding carboxylic acids is 2. The molecule has 0 radical (unpaired) electrons. The average Bonchev–Trinajstić information content (AvgIpc) is 3.01. The van der Waals surface area contributed by atoms with Crippen molar-refractivity contribution in [1.82, 2.24) is 9.38 Å². The number of anilines is 1. The van der Waals surface area contributed by atoms with Crippen LogP contribution in [0.3, 0.4) is 0 Å². The Morgan fingerprint density at radius 2 is 2.00 bits per heavy atom. The van der Waals surface area contributed by atoms with E-state index in [-0.39, 0.29) is 5.69 Å². The Bertz CT molecular complexity index is 1000. The first-order chi connectivity index (χ1) is 12.3. The van der Waals surface area contributed by atoms with Crippen molar-refractivity contribution >= 4 is 46.4 Å². The van der Waals surface area contributed by atoms with Gasteiger partial charge in [-0.1, -0.05) is 23.2 Å². The second-order valence-electron chi connectivity index (χ2n) is 5.76. The maximum absolute atomic E-state index is 12.3. The van der Waals surface area contributed by atoms with Crippen LogP contribution in [-0.4, -0.2) is 27.4 Å². The standard InChI is InChI=1S/C18H15Cl2N3O3/c1-10-5-6-23-9-15(21-16(23)7-10)18(25)26-11(2)17(24)22-14-8-12(19)3-4-13(14)20/h3-9,11H,1-2H3,(H,22,24)/t11-/m1/s1. The molecule has 1 aromatic carbocycles. The number of ether oxygens (including phenoxy) is 1.